The molecule has 0 radical (unpaired) electrons. The van der Waals surface area contributed by atoms with Crippen LogP contribution in [0, 0.1) is 0 Å². The van der Waals surface area contributed by atoms with Crippen LogP contribution in [-0.2, 0) is 10.0 Å². The van der Waals surface area contributed by atoms with Crippen molar-refractivity contribution in [2.24, 2.45) is 0 Å². The maximum absolute atomic E-state index is 13.5. The number of fused-ring (bicyclic) bond motifs is 2. The van der Waals surface area contributed by atoms with E-state index in [0.717, 1.165) is 27.2 Å². The third-order valence-corrected chi connectivity index (χ3v) is 8.46. The van der Waals surface area contributed by atoms with Gasteiger partial charge in [0.05, 0.1) is 24.2 Å². The van der Waals surface area contributed by atoms with Crippen molar-refractivity contribution in [1.29, 1.82) is 0 Å². The van der Waals surface area contributed by atoms with Gasteiger partial charge in [-0.25, -0.2) is 18.4 Å². The van der Waals surface area contributed by atoms with Crippen LogP contribution in [0.5, 0.6) is 11.5 Å². The van der Waals surface area contributed by atoms with Crippen LogP contribution in [0.1, 0.15) is 23.0 Å². The van der Waals surface area contributed by atoms with Crippen molar-refractivity contribution in [2.45, 2.75) is 22.3 Å². The van der Waals surface area contributed by atoms with E-state index in [1.807, 2.05) is 42.7 Å². The quantitative estimate of drug-likeness (QED) is 0.387. The highest BCUT2D eigenvalue weighted by Gasteiger charge is 2.28. The SMILES string of the molecule is CSc1ccccc1C(NS(=O)(=O)c1ccc2c(c1)OCCCO2)c1nc2cccnc2s1. The summed E-state index contributed by atoms with van der Waals surface area (Å²) in [4.78, 5) is 10.9. The molecule has 2 aromatic heterocycles. The molecule has 0 amide bonds. The lowest BCUT2D eigenvalue weighted by Gasteiger charge is -2.20. The van der Waals surface area contributed by atoms with Crippen molar-refractivity contribution in [1.82, 2.24) is 14.7 Å². The standard InChI is InChI=1S/C23H21N3O4S3/c1-31-20-8-3-2-6-16(20)21(23-25-17-7-4-11-24-22(17)32-23)26-33(27,28)15-9-10-18-19(14-15)30-13-5-12-29-18/h2-4,6-11,14,21,26H,5,12-13H2,1H3. The molecular weight excluding hydrogens is 478 g/mol. The van der Waals surface area contributed by atoms with Crippen molar-refractivity contribution in [3.8, 4) is 11.5 Å². The second kappa shape index (κ2) is 9.30. The minimum Gasteiger partial charge on any atom is -0.490 e. The van der Waals surface area contributed by atoms with E-state index >= 15 is 0 Å². The molecule has 7 nitrogen and oxygen atoms in total. The first kappa shape index (κ1) is 22.1. The molecule has 33 heavy (non-hydrogen) atoms. The van der Waals surface area contributed by atoms with Crippen molar-refractivity contribution in [3.63, 3.8) is 0 Å². The second-order valence-corrected chi connectivity index (χ2v) is 10.9. The Kier molecular flexibility index (Phi) is 6.24. The van der Waals surface area contributed by atoms with Crippen LogP contribution < -0.4 is 14.2 Å². The van der Waals surface area contributed by atoms with Gasteiger partial charge < -0.3 is 9.47 Å². The first-order valence-corrected chi connectivity index (χ1v) is 13.8. The van der Waals surface area contributed by atoms with E-state index in [1.165, 1.54) is 23.5 Å². The van der Waals surface area contributed by atoms with Gasteiger partial charge in [-0.2, -0.15) is 4.72 Å². The molecule has 10 heteroatoms. The van der Waals surface area contributed by atoms with Crippen LogP contribution in [0.4, 0.5) is 0 Å². The molecule has 0 bridgehead atoms. The van der Waals surface area contributed by atoms with Gasteiger partial charge in [0.25, 0.3) is 0 Å². The fourth-order valence-electron chi connectivity index (χ4n) is 3.60. The molecule has 0 spiro atoms. The van der Waals surface area contributed by atoms with E-state index in [1.54, 1.807) is 24.0 Å². The fraction of sp³-hybridized carbons (Fsp3) is 0.217. The van der Waals surface area contributed by atoms with Crippen molar-refractivity contribution < 1.29 is 17.9 Å². The topological polar surface area (TPSA) is 90.4 Å². The van der Waals surface area contributed by atoms with Gasteiger partial charge in [0.15, 0.2) is 11.5 Å². The van der Waals surface area contributed by atoms with E-state index in [0.29, 0.717) is 29.7 Å². The van der Waals surface area contributed by atoms with Crippen molar-refractivity contribution in [3.05, 3.63) is 71.4 Å². The van der Waals surface area contributed by atoms with E-state index in [9.17, 15) is 8.42 Å². The van der Waals surface area contributed by atoms with Gasteiger partial charge in [0.1, 0.15) is 15.4 Å². The highest BCUT2D eigenvalue weighted by Crippen LogP contribution is 2.36. The fourth-order valence-corrected chi connectivity index (χ4v) is 6.48. The molecule has 1 unspecified atom stereocenters. The van der Waals surface area contributed by atoms with Gasteiger partial charge in [0.2, 0.25) is 10.0 Å². The predicted octanol–water partition coefficient (Wildman–Crippen LogP) is 4.64. The van der Waals surface area contributed by atoms with Gasteiger partial charge in [-0.15, -0.1) is 11.8 Å². The molecule has 0 fully saturated rings. The minimum absolute atomic E-state index is 0.109. The number of ether oxygens (including phenoxy) is 2. The second-order valence-electron chi connectivity index (χ2n) is 7.34. The molecule has 1 N–H and O–H groups in total. The number of sulfonamides is 1. The average Bonchev–Trinajstić information content (AvgIpc) is 3.12. The molecule has 0 aliphatic carbocycles. The van der Waals surface area contributed by atoms with Gasteiger partial charge in [0, 0.05) is 23.6 Å². The van der Waals surface area contributed by atoms with E-state index in [-0.39, 0.29) is 4.90 Å². The summed E-state index contributed by atoms with van der Waals surface area (Å²) >= 11 is 2.94. The number of aromatic nitrogens is 2. The molecule has 170 valence electrons. The first-order valence-electron chi connectivity index (χ1n) is 10.3. The molecule has 1 aliphatic heterocycles. The Labute approximate surface area is 200 Å². The monoisotopic (exact) mass is 499 g/mol. The van der Waals surface area contributed by atoms with Gasteiger partial charge in [-0.1, -0.05) is 29.5 Å². The Bertz CT molecular complexity index is 1370. The van der Waals surface area contributed by atoms with Crippen molar-refractivity contribution >= 4 is 43.5 Å². The third-order valence-electron chi connectivity index (χ3n) is 5.18. The first-order chi connectivity index (χ1) is 16.0. The number of hydrogen-bond acceptors (Lipinski definition) is 8. The number of nitrogens with zero attached hydrogens (tertiary/aromatic N) is 2. The number of thioether (sulfide) groups is 1. The molecule has 5 rings (SSSR count). The van der Waals surface area contributed by atoms with Crippen LogP contribution in [0.25, 0.3) is 10.3 Å². The zero-order chi connectivity index (χ0) is 22.8. The molecule has 2 aromatic carbocycles. The Hall–Kier alpha value is -2.66. The number of rotatable bonds is 6. The lowest BCUT2D eigenvalue weighted by molar-refractivity contribution is 0.297. The molecule has 0 saturated carbocycles. The van der Waals surface area contributed by atoms with Crippen LogP contribution in [0.3, 0.4) is 0 Å². The maximum atomic E-state index is 13.5. The van der Waals surface area contributed by atoms with Gasteiger partial charge >= 0.3 is 0 Å². The number of benzene rings is 2. The van der Waals surface area contributed by atoms with E-state index in [2.05, 4.69) is 9.71 Å². The largest absolute Gasteiger partial charge is 0.490 e. The molecular formula is C23H21N3O4S3. The number of nitrogens with one attached hydrogen (secondary N) is 1. The van der Waals surface area contributed by atoms with Crippen LogP contribution in [0.15, 0.2) is 70.6 Å². The molecule has 1 atom stereocenters. The Morgan fingerprint density at radius 1 is 1.06 bits per heavy atom. The summed E-state index contributed by atoms with van der Waals surface area (Å²) in [5.41, 5.74) is 1.57. The highest BCUT2D eigenvalue weighted by molar-refractivity contribution is 7.98. The number of pyridine rings is 1. The van der Waals surface area contributed by atoms with Crippen LogP contribution in [-0.4, -0.2) is 37.9 Å². The van der Waals surface area contributed by atoms with Crippen molar-refractivity contribution in [2.75, 3.05) is 19.5 Å². The zero-order valence-corrected chi connectivity index (χ0v) is 20.2. The zero-order valence-electron chi connectivity index (χ0n) is 17.7. The lowest BCUT2D eigenvalue weighted by atomic mass is 10.1. The lowest BCUT2D eigenvalue weighted by Crippen LogP contribution is -2.29. The predicted molar refractivity (Wildman–Crippen MR) is 130 cm³/mol. The third kappa shape index (κ3) is 4.56. The summed E-state index contributed by atoms with van der Waals surface area (Å²) < 4.78 is 41.3. The number of thiazole rings is 1. The number of hydrogen-bond donors (Lipinski definition) is 1. The van der Waals surface area contributed by atoms with Gasteiger partial charge in [-0.05, 0) is 42.2 Å². The Morgan fingerprint density at radius 2 is 1.88 bits per heavy atom. The average molecular weight is 500 g/mol. The summed E-state index contributed by atoms with van der Waals surface area (Å²) in [5.74, 6) is 0.980. The molecule has 0 saturated heterocycles. The summed E-state index contributed by atoms with van der Waals surface area (Å²) in [7, 11) is -3.91. The van der Waals surface area contributed by atoms with E-state index in [4.69, 9.17) is 14.5 Å². The maximum Gasteiger partial charge on any atom is 0.241 e. The smallest absolute Gasteiger partial charge is 0.241 e. The summed E-state index contributed by atoms with van der Waals surface area (Å²) in [6.07, 6.45) is 4.42. The summed E-state index contributed by atoms with van der Waals surface area (Å²) in [6, 6.07) is 15.4. The normalized spacial score (nSPS) is 14.7. The van der Waals surface area contributed by atoms with Crippen LogP contribution in [0.2, 0.25) is 0 Å². The summed E-state index contributed by atoms with van der Waals surface area (Å²) in [5, 5.41) is 0.628. The minimum atomic E-state index is -3.91. The molecule has 1 aliphatic rings. The van der Waals surface area contributed by atoms with Crippen LogP contribution >= 0.6 is 23.1 Å². The van der Waals surface area contributed by atoms with E-state index < -0.39 is 16.1 Å². The Balaban J connectivity index is 1.57. The van der Waals surface area contributed by atoms with Gasteiger partial charge in [-0.3, -0.25) is 0 Å². The highest BCUT2D eigenvalue weighted by atomic mass is 32.2. The molecule has 4 aromatic rings. The summed E-state index contributed by atoms with van der Waals surface area (Å²) in [6.45, 7) is 1.02. The Morgan fingerprint density at radius 3 is 2.70 bits per heavy atom. The molecule has 3 heterocycles.